The van der Waals surface area contributed by atoms with E-state index in [1.807, 2.05) is 26.2 Å². The Hall–Kier alpha value is -1.18. The van der Waals surface area contributed by atoms with Gasteiger partial charge in [-0.2, -0.15) is 0 Å². The first-order chi connectivity index (χ1) is 9.28. The number of hydrogen-bond donors (Lipinski definition) is 1. The van der Waals surface area contributed by atoms with Gasteiger partial charge in [0.2, 0.25) is 0 Å². The molecule has 1 aliphatic heterocycles. The molecule has 2 rings (SSSR count). The molecule has 1 aliphatic rings. The van der Waals surface area contributed by atoms with Crippen LogP contribution in [0.25, 0.3) is 0 Å². The van der Waals surface area contributed by atoms with Crippen molar-refractivity contribution in [2.75, 3.05) is 52.3 Å². The van der Waals surface area contributed by atoms with Crippen molar-refractivity contribution in [1.29, 1.82) is 0 Å². The summed E-state index contributed by atoms with van der Waals surface area (Å²) in [6.07, 6.45) is 0. The number of guanidine groups is 1. The van der Waals surface area contributed by atoms with Gasteiger partial charge in [0, 0.05) is 46.0 Å². The van der Waals surface area contributed by atoms with E-state index < -0.39 is 0 Å². The summed E-state index contributed by atoms with van der Waals surface area (Å²) in [4.78, 5) is 8.91. The number of halogens is 1. The van der Waals surface area contributed by atoms with Crippen LogP contribution in [0.3, 0.4) is 0 Å². The molecule has 1 aromatic rings. The summed E-state index contributed by atoms with van der Waals surface area (Å²) in [5.74, 6) is 1.87. The molecule has 0 bridgehead atoms. The number of aliphatic imine (C=N–C) groups is 1. The number of rotatable bonds is 2. The van der Waals surface area contributed by atoms with E-state index in [0.717, 1.165) is 37.9 Å². The molecule has 1 N–H and O–H groups in total. The van der Waals surface area contributed by atoms with Crippen LogP contribution in [0.15, 0.2) is 29.3 Å². The molecular weight excluding hydrogens is 367 g/mol. The lowest BCUT2D eigenvalue weighted by molar-refractivity contribution is 0.375. The summed E-state index contributed by atoms with van der Waals surface area (Å²) in [6.45, 7) is 3.99. The van der Waals surface area contributed by atoms with Gasteiger partial charge in [-0.15, -0.1) is 24.0 Å². The van der Waals surface area contributed by atoms with Crippen LogP contribution in [-0.2, 0) is 0 Å². The third kappa shape index (κ3) is 3.91. The predicted octanol–water partition coefficient (Wildman–Crippen LogP) is 1.64. The standard InChI is InChI=1S/C14H22N4O.HI/c1-15-14(16-2)18-10-8-17(9-11-18)12-4-6-13(19-3)7-5-12;/h4-7H,8-11H2,1-3H3,(H,15,16);1H. The molecule has 0 aromatic heterocycles. The predicted molar refractivity (Wildman–Crippen MR) is 94.6 cm³/mol. The van der Waals surface area contributed by atoms with E-state index in [9.17, 15) is 0 Å². The second-order valence-corrected chi connectivity index (χ2v) is 4.47. The zero-order valence-corrected chi connectivity index (χ0v) is 14.6. The maximum absolute atomic E-state index is 5.18. The molecule has 0 atom stereocenters. The Labute approximate surface area is 138 Å². The molecule has 0 saturated carbocycles. The Morgan fingerprint density at radius 3 is 2.20 bits per heavy atom. The van der Waals surface area contributed by atoms with Gasteiger partial charge in [0.15, 0.2) is 5.96 Å². The van der Waals surface area contributed by atoms with E-state index in [4.69, 9.17) is 4.74 Å². The van der Waals surface area contributed by atoms with Gasteiger partial charge < -0.3 is 19.9 Å². The van der Waals surface area contributed by atoms with Crippen molar-refractivity contribution in [3.05, 3.63) is 24.3 Å². The lowest BCUT2D eigenvalue weighted by Crippen LogP contribution is -2.51. The summed E-state index contributed by atoms with van der Waals surface area (Å²) >= 11 is 0. The number of nitrogens with zero attached hydrogens (tertiary/aromatic N) is 3. The first-order valence-corrected chi connectivity index (χ1v) is 6.57. The highest BCUT2D eigenvalue weighted by atomic mass is 127. The molecule has 0 aliphatic carbocycles. The number of hydrogen-bond acceptors (Lipinski definition) is 3. The zero-order valence-electron chi connectivity index (χ0n) is 12.3. The molecule has 1 saturated heterocycles. The monoisotopic (exact) mass is 390 g/mol. The lowest BCUT2D eigenvalue weighted by atomic mass is 10.2. The van der Waals surface area contributed by atoms with Gasteiger partial charge in [-0.1, -0.05) is 0 Å². The minimum Gasteiger partial charge on any atom is -0.497 e. The molecule has 6 heteroatoms. The fourth-order valence-electron chi connectivity index (χ4n) is 2.38. The first kappa shape index (κ1) is 16.9. The van der Waals surface area contributed by atoms with Crippen LogP contribution in [-0.4, -0.2) is 58.2 Å². The average Bonchev–Trinajstić information content (AvgIpc) is 2.49. The van der Waals surface area contributed by atoms with Crippen molar-refractivity contribution in [3.8, 4) is 5.75 Å². The topological polar surface area (TPSA) is 40.1 Å². The third-order valence-corrected chi connectivity index (χ3v) is 3.45. The van der Waals surface area contributed by atoms with Crippen LogP contribution < -0.4 is 15.0 Å². The van der Waals surface area contributed by atoms with E-state index in [-0.39, 0.29) is 24.0 Å². The second kappa shape index (κ2) is 8.18. The van der Waals surface area contributed by atoms with E-state index in [1.54, 1.807) is 7.11 Å². The average molecular weight is 390 g/mol. The molecule has 5 nitrogen and oxygen atoms in total. The smallest absolute Gasteiger partial charge is 0.193 e. The molecule has 20 heavy (non-hydrogen) atoms. The molecule has 1 fully saturated rings. The molecule has 0 amide bonds. The van der Waals surface area contributed by atoms with Gasteiger partial charge >= 0.3 is 0 Å². The van der Waals surface area contributed by atoms with Gasteiger partial charge in [-0.05, 0) is 24.3 Å². The van der Waals surface area contributed by atoms with Gasteiger partial charge in [0.25, 0.3) is 0 Å². The Morgan fingerprint density at radius 1 is 1.15 bits per heavy atom. The first-order valence-electron chi connectivity index (χ1n) is 6.57. The second-order valence-electron chi connectivity index (χ2n) is 4.47. The number of methoxy groups -OCH3 is 1. The fourth-order valence-corrected chi connectivity index (χ4v) is 2.38. The SMILES string of the molecule is CN=C(NC)N1CCN(c2ccc(OC)cc2)CC1.I. The van der Waals surface area contributed by atoms with Crippen LogP contribution >= 0.6 is 24.0 Å². The van der Waals surface area contributed by atoms with Crippen LogP contribution in [0.1, 0.15) is 0 Å². The summed E-state index contributed by atoms with van der Waals surface area (Å²) in [6, 6.07) is 8.24. The molecule has 112 valence electrons. The Kier molecular flexibility index (Phi) is 6.90. The highest BCUT2D eigenvalue weighted by molar-refractivity contribution is 14.0. The van der Waals surface area contributed by atoms with E-state index in [2.05, 4.69) is 32.2 Å². The summed E-state index contributed by atoms with van der Waals surface area (Å²) in [5, 5.41) is 3.13. The van der Waals surface area contributed by atoms with Gasteiger partial charge in [0.05, 0.1) is 7.11 Å². The Morgan fingerprint density at radius 2 is 1.75 bits per heavy atom. The van der Waals surface area contributed by atoms with Crippen LogP contribution in [0, 0.1) is 0 Å². The Balaban J connectivity index is 0.00000200. The van der Waals surface area contributed by atoms with E-state index in [1.165, 1.54) is 5.69 Å². The van der Waals surface area contributed by atoms with Crippen LogP contribution in [0.2, 0.25) is 0 Å². The number of ether oxygens (including phenoxy) is 1. The quantitative estimate of drug-likeness (QED) is 0.474. The minimum absolute atomic E-state index is 0. The third-order valence-electron chi connectivity index (χ3n) is 3.45. The highest BCUT2D eigenvalue weighted by Crippen LogP contribution is 2.20. The fraction of sp³-hybridized carbons (Fsp3) is 0.500. The molecule has 0 unspecified atom stereocenters. The van der Waals surface area contributed by atoms with Gasteiger partial charge in [-0.25, -0.2) is 0 Å². The van der Waals surface area contributed by atoms with E-state index >= 15 is 0 Å². The maximum atomic E-state index is 5.18. The van der Waals surface area contributed by atoms with Crippen molar-refractivity contribution in [3.63, 3.8) is 0 Å². The van der Waals surface area contributed by atoms with Crippen molar-refractivity contribution >= 4 is 35.6 Å². The van der Waals surface area contributed by atoms with Crippen molar-refractivity contribution in [2.24, 2.45) is 4.99 Å². The van der Waals surface area contributed by atoms with Crippen LogP contribution in [0.5, 0.6) is 5.75 Å². The maximum Gasteiger partial charge on any atom is 0.193 e. The summed E-state index contributed by atoms with van der Waals surface area (Å²) < 4.78 is 5.18. The summed E-state index contributed by atoms with van der Waals surface area (Å²) in [5.41, 5.74) is 1.25. The summed E-state index contributed by atoms with van der Waals surface area (Å²) in [7, 11) is 5.43. The normalized spacial score (nSPS) is 15.7. The zero-order chi connectivity index (χ0) is 13.7. The van der Waals surface area contributed by atoms with Crippen molar-refractivity contribution in [2.45, 2.75) is 0 Å². The van der Waals surface area contributed by atoms with Crippen molar-refractivity contribution < 1.29 is 4.74 Å². The molecule has 1 heterocycles. The Bertz CT molecular complexity index is 427. The van der Waals surface area contributed by atoms with Gasteiger partial charge in [0.1, 0.15) is 5.75 Å². The number of anilines is 1. The largest absolute Gasteiger partial charge is 0.497 e. The molecule has 0 radical (unpaired) electrons. The molecule has 0 spiro atoms. The number of nitrogens with one attached hydrogen (secondary N) is 1. The highest BCUT2D eigenvalue weighted by Gasteiger charge is 2.18. The number of piperazine rings is 1. The van der Waals surface area contributed by atoms with Crippen LogP contribution in [0.4, 0.5) is 5.69 Å². The minimum atomic E-state index is 0. The van der Waals surface area contributed by atoms with Crippen molar-refractivity contribution in [1.82, 2.24) is 10.2 Å². The molecule has 1 aromatic carbocycles. The van der Waals surface area contributed by atoms with Gasteiger partial charge in [-0.3, -0.25) is 4.99 Å². The molecular formula is C14H23IN4O. The lowest BCUT2D eigenvalue weighted by Gasteiger charge is -2.37. The van der Waals surface area contributed by atoms with E-state index in [0.29, 0.717) is 0 Å². The number of benzene rings is 1.